The Hall–Kier alpha value is -7.76. The van der Waals surface area contributed by atoms with Gasteiger partial charge in [0, 0.05) is 24.9 Å². The number of rotatable bonds is 29. The van der Waals surface area contributed by atoms with E-state index in [0.717, 1.165) is 5.56 Å². The van der Waals surface area contributed by atoms with E-state index in [-0.39, 0.29) is 38.8 Å². The first kappa shape index (κ1) is 52.4. The van der Waals surface area contributed by atoms with E-state index in [1.807, 2.05) is 0 Å². The number of nitrogens with one attached hydrogen (secondary N) is 8. The van der Waals surface area contributed by atoms with Gasteiger partial charge in [0.15, 0.2) is 0 Å². The van der Waals surface area contributed by atoms with E-state index >= 15 is 0 Å². The summed E-state index contributed by atoms with van der Waals surface area (Å²) in [6, 6.07) is 10.3. The van der Waals surface area contributed by atoms with E-state index in [1.165, 1.54) is 0 Å². The lowest BCUT2D eigenvalue weighted by Gasteiger charge is -2.25. The second-order valence-corrected chi connectivity index (χ2v) is 14.2. The van der Waals surface area contributed by atoms with E-state index < -0.39 is 128 Å². The third kappa shape index (κ3) is 21.7. The van der Waals surface area contributed by atoms with Crippen LogP contribution in [0.2, 0.25) is 0 Å². The lowest BCUT2D eigenvalue weighted by molar-refractivity contribution is -0.142. The monoisotopic (exact) mass is 895 g/mol. The van der Waals surface area contributed by atoms with Gasteiger partial charge in [0.05, 0.1) is 45.4 Å². The van der Waals surface area contributed by atoms with Gasteiger partial charge in [0.1, 0.15) is 24.4 Å². The molecule has 24 nitrogen and oxygen atoms in total. The zero-order valence-corrected chi connectivity index (χ0v) is 34.6. The fourth-order valence-corrected chi connectivity index (χ4v) is 5.90. The van der Waals surface area contributed by atoms with Crippen LogP contribution in [0.3, 0.4) is 0 Å². The molecule has 0 radical (unpaired) electrons. The Bertz CT molecular complexity index is 1990. The Morgan fingerprint density at radius 2 is 0.922 bits per heavy atom. The molecule has 0 aliphatic heterocycles. The topological polar surface area (TPSA) is 399 Å². The summed E-state index contributed by atoms with van der Waals surface area (Å²) in [6.45, 7) is -2.02. The molecule has 0 heterocycles. The van der Waals surface area contributed by atoms with Crippen molar-refractivity contribution in [2.75, 3.05) is 26.2 Å². The smallest absolute Gasteiger partial charge is 0.305 e. The molecule has 10 amide bonds. The van der Waals surface area contributed by atoms with Gasteiger partial charge in [-0.3, -0.25) is 52.7 Å². The number of primary amides is 2. The van der Waals surface area contributed by atoms with Crippen molar-refractivity contribution in [3.05, 3.63) is 71.8 Å². The molecule has 2 aromatic rings. The lowest BCUT2D eigenvalue weighted by Crippen LogP contribution is -2.59. The van der Waals surface area contributed by atoms with E-state index in [1.54, 1.807) is 60.7 Å². The van der Waals surface area contributed by atoms with Crippen molar-refractivity contribution in [3.63, 3.8) is 0 Å². The minimum atomic E-state index is -1.99. The van der Waals surface area contributed by atoms with E-state index in [2.05, 4.69) is 42.5 Å². The van der Waals surface area contributed by atoms with Crippen molar-refractivity contribution in [1.29, 1.82) is 0 Å². The van der Waals surface area contributed by atoms with Gasteiger partial charge in [-0.25, -0.2) is 0 Å². The maximum absolute atomic E-state index is 13.5. The molecule has 0 saturated carbocycles. The SMILES string of the molecule is NCC(=O)N[C@H](CC(=O)NCC(=O)NCC(=O)N[C@@H](CC(N)=O)C(=O)N[C@@H](CC(=O)O)C(=O)N[C@@H](CC(N)=O)C(=O)N[C@H](CC(=O)NCC=O)Cc1ccccc1)Cc1ccccc1. The van der Waals surface area contributed by atoms with E-state index in [9.17, 15) is 62.6 Å². The van der Waals surface area contributed by atoms with Crippen molar-refractivity contribution in [1.82, 2.24) is 42.5 Å². The molecule has 346 valence electrons. The van der Waals surface area contributed by atoms with Gasteiger partial charge in [-0.2, -0.15) is 0 Å². The maximum atomic E-state index is 13.5. The third-order valence-corrected chi connectivity index (χ3v) is 8.79. The Balaban J connectivity index is 2.09. The van der Waals surface area contributed by atoms with Crippen molar-refractivity contribution >= 4 is 71.3 Å². The first-order chi connectivity index (χ1) is 30.4. The van der Waals surface area contributed by atoms with Crippen LogP contribution in [0.5, 0.6) is 0 Å². The minimum absolute atomic E-state index is 0.0805. The molecular formula is C40H53N11O13. The highest BCUT2D eigenvalue weighted by Crippen LogP contribution is 2.09. The van der Waals surface area contributed by atoms with E-state index in [0.29, 0.717) is 11.8 Å². The molecule has 0 aliphatic carbocycles. The predicted octanol–water partition coefficient (Wildman–Crippen LogP) is -5.59. The zero-order chi connectivity index (χ0) is 47.6. The Kier molecular flexibility index (Phi) is 22.9. The van der Waals surface area contributed by atoms with Gasteiger partial charge in [-0.1, -0.05) is 60.7 Å². The van der Waals surface area contributed by atoms with Crippen LogP contribution in [-0.2, 0) is 70.4 Å². The molecule has 64 heavy (non-hydrogen) atoms. The summed E-state index contributed by atoms with van der Waals surface area (Å²) >= 11 is 0. The molecule has 2 rings (SSSR count). The van der Waals surface area contributed by atoms with Gasteiger partial charge in [0.25, 0.3) is 0 Å². The number of aldehydes is 1. The number of amides is 10. The summed E-state index contributed by atoms with van der Waals surface area (Å²) in [5, 5.41) is 28.0. The summed E-state index contributed by atoms with van der Waals surface area (Å²) in [5.74, 6) is -11.1. The van der Waals surface area contributed by atoms with Crippen LogP contribution < -0.4 is 59.7 Å². The number of nitrogens with two attached hydrogens (primary N) is 3. The fraction of sp³-hybridized carbons (Fsp3) is 0.400. The zero-order valence-electron chi connectivity index (χ0n) is 34.6. The molecule has 0 bridgehead atoms. The molecular weight excluding hydrogens is 843 g/mol. The molecule has 0 aromatic heterocycles. The van der Waals surface area contributed by atoms with Gasteiger partial charge in [0.2, 0.25) is 59.1 Å². The summed E-state index contributed by atoms with van der Waals surface area (Å²) in [5.41, 5.74) is 17.5. The predicted molar refractivity (Wildman–Crippen MR) is 223 cm³/mol. The first-order valence-corrected chi connectivity index (χ1v) is 19.7. The van der Waals surface area contributed by atoms with Crippen LogP contribution in [0, 0.1) is 0 Å². The standard InChI is InChI=1S/C40H53N11O13/c41-20-34(57)47-25(13-23-7-3-1-4-8-23)15-33(56)45-21-35(58)46-22-36(59)49-27(17-30(42)53)39(63)51-29(19-37(60)61)40(64)50-28(18-31(43)54)38(62)48-26(16-32(55)44-11-12-52)14-24-9-5-2-6-10-24/h1-10,12,25-29H,11,13-22,41H2,(H2,42,53)(H2,43,54)(H,44,55)(H,45,56)(H,46,58)(H,47,57)(H,48,62)(H,49,59)(H,50,64)(H,51,63)(H,60,61)/t25-,26-,27-,28-,29-/m0/s1. The molecule has 15 N–H and O–H groups in total. The average Bonchev–Trinajstić information content (AvgIpc) is 3.23. The molecule has 0 aliphatic rings. The number of hydrogen-bond acceptors (Lipinski definition) is 13. The van der Waals surface area contributed by atoms with Crippen molar-refractivity contribution in [3.8, 4) is 0 Å². The van der Waals surface area contributed by atoms with Gasteiger partial charge in [-0.05, 0) is 24.0 Å². The molecule has 0 fully saturated rings. The van der Waals surface area contributed by atoms with Gasteiger partial charge in [-0.15, -0.1) is 0 Å². The number of carbonyl (C=O) groups excluding carboxylic acids is 11. The van der Waals surface area contributed by atoms with Crippen molar-refractivity contribution in [2.45, 2.75) is 75.2 Å². The largest absolute Gasteiger partial charge is 0.481 e. The molecule has 24 heteroatoms. The van der Waals surface area contributed by atoms with Gasteiger partial charge < -0.3 is 69.6 Å². The molecule has 0 saturated heterocycles. The highest BCUT2D eigenvalue weighted by atomic mass is 16.4. The Morgan fingerprint density at radius 3 is 1.39 bits per heavy atom. The molecule has 0 spiro atoms. The van der Waals surface area contributed by atoms with Crippen LogP contribution in [-0.4, -0.2) is 133 Å². The molecule has 5 atom stereocenters. The average molecular weight is 896 g/mol. The van der Waals surface area contributed by atoms with Crippen LogP contribution in [0.25, 0.3) is 0 Å². The quantitative estimate of drug-likeness (QED) is 0.0339. The van der Waals surface area contributed by atoms with Crippen molar-refractivity contribution < 1.29 is 62.6 Å². The second-order valence-electron chi connectivity index (χ2n) is 14.2. The van der Waals surface area contributed by atoms with Crippen LogP contribution >= 0.6 is 0 Å². The third-order valence-electron chi connectivity index (χ3n) is 8.79. The fourth-order valence-electron chi connectivity index (χ4n) is 5.90. The molecule has 2 aromatic carbocycles. The lowest BCUT2D eigenvalue weighted by atomic mass is 10.0. The maximum Gasteiger partial charge on any atom is 0.305 e. The Morgan fingerprint density at radius 1 is 0.500 bits per heavy atom. The summed E-state index contributed by atoms with van der Waals surface area (Å²) in [6.07, 6.45) is -2.56. The van der Waals surface area contributed by atoms with Crippen LogP contribution in [0.15, 0.2) is 60.7 Å². The summed E-state index contributed by atoms with van der Waals surface area (Å²) < 4.78 is 0. The van der Waals surface area contributed by atoms with Crippen LogP contribution in [0.1, 0.15) is 43.2 Å². The number of aliphatic carboxylic acids is 1. The molecule has 0 unspecified atom stereocenters. The number of carboxylic acids is 1. The summed E-state index contributed by atoms with van der Waals surface area (Å²) in [4.78, 5) is 149. The minimum Gasteiger partial charge on any atom is -0.481 e. The Labute approximate surface area is 366 Å². The number of benzene rings is 2. The first-order valence-electron chi connectivity index (χ1n) is 19.7. The van der Waals surface area contributed by atoms with Crippen LogP contribution in [0.4, 0.5) is 0 Å². The highest BCUT2D eigenvalue weighted by Gasteiger charge is 2.33. The summed E-state index contributed by atoms with van der Waals surface area (Å²) in [7, 11) is 0. The number of hydrogen-bond donors (Lipinski definition) is 12. The second kappa shape index (κ2) is 28.0. The normalized spacial score (nSPS) is 12.8. The van der Waals surface area contributed by atoms with Crippen molar-refractivity contribution in [2.24, 2.45) is 17.2 Å². The highest BCUT2D eigenvalue weighted by molar-refractivity contribution is 5.98. The van der Waals surface area contributed by atoms with E-state index in [4.69, 9.17) is 17.2 Å². The number of carbonyl (C=O) groups is 12. The van der Waals surface area contributed by atoms with Gasteiger partial charge >= 0.3 is 5.97 Å². The number of carboxylic acid groups (broad SMARTS) is 1.